The molecule has 28 heavy (non-hydrogen) atoms. The normalized spacial score (nSPS) is 18.5. The van der Waals surface area contributed by atoms with Gasteiger partial charge in [0, 0.05) is 24.2 Å². The van der Waals surface area contributed by atoms with Gasteiger partial charge in [-0.2, -0.15) is 0 Å². The van der Waals surface area contributed by atoms with Gasteiger partial charge in [-0.05, 0) is 42.0 Å². The zero-order valence-electron chi connectivity index (χ0n) is 15.5. The molecule has 1 aliphatic rings. The second kappa shape index (κ2) is 8.46. The van der Waals surface area contributed by atoms with Gasteiger partial charge in [0.15, 0.2) is 0 Å². The molecule has 0 aromatic heterocycles. The van der Waals surface area contributed by atoms with Crippen molar-refractivity contribution in [2.45, 2.75) is 6.04 Å². The summed E-state index contributed by atoms with van der Waals surface area (Å²) < 4.78 is 10.4. The summed E-state index contributed by atoms with van der Waals surface area (Å²) in [7, 11) is 3.06. The number of carbonyl (C=O) groups is 2. The molecule has 6 nitrogen and oxygen atoms in total. The van der Waals surface area contributed by atoms with Crippen molar-refractivity contribution >= 4 is 29.1 Å². The Bertz CT molecular complexity index is 923. The minimum Gasteiger partial charge on any atom is -0.507 e. The van der Waals surface area contributed by atoms with Gasteiger partial charge < -0.3 is 19.5 Å². The van der Waals surface area contributed by atoms with Crippen LogP contribution in [-0.2, 0) is 14.3 Å². The van der Waals surface area contributed by atoms with Gasteiger partial charge in [0.05, 0.1) is 25.3 Å². The lowest BCUT2D eigenvalue weighted by Gasteiger charge is -2.25. The van der Waals surface area contributed by atoms with E-state index in [0.29, 0.717) is 21.9 Å². The highest BCUT2D eigenvalue weighted by atomic mass is 35.5. The van der Waals surface area contributed by atoms with Gasteiger partial charge in [-0.1, -0.05) is 23.7 Å². The number of carbonyl (C=O) groups excluding carboxylic acids is 2. The second-order valence-electron chi connectivity index (χ2n) is 6.27. The van der Waals surface area contributed by atoms with E-state index in [9.17, 15) is 14.7 Å². The van der Waals surface area contributed by atoms with E-state index in [-0.39, 0.29) is 24.5 Å². The number of halogens is 1. The third-order valence-corrected chi connectivity index (χ3v) is 4.86. The maximum Gasteiger partial charge on any atom is 0.295 e. The maximum atomic E-state index is 12.8. The zero-order chi connectivity index (χ0) is 20.3. The van der Waals surface area contributed by atoms with Crippen LogP contribution in [0.2, 0.25) is 5.02 Å². The van der Waals surface area contributed by atoms with Gasteiger partial charge >= 0.3 is 0 Å². The summed E-state index contributed by atoms with van der Waals surface area (Å²) in [5, 5.41) is 11.4. The first-order chi connectivity index (χ1) is 13.5. The summed E-state index contributed by atoms with van der Waals surface area (Å²) in [6, 6.07) is 12.7. The monoisotopic (exact) mass is 401 g/mol. The molecule has 0 saturated carbocycles. The van der Waals surface area contributed by atoms with E-state index in [1.54, 1.807) is 48.5 Å². The number of aliphatic hydroxyl groups is 1. The first kappa shape index (κ1) is 19.9. The highest BCUT2D eigenvalue weighted by Crippen LogP contribution is 2.40. The minimum absolute atomic E-state index is 0.0247. The fourth-order valence-electron chi connectivity index (χ4n) is 3.22. The highest BCUT2D eigenvalue weighted by molar-refractivity contribution is 6.46. The van der Waals surface area contributed by atoms with E-state index in [4.69, 9.17) is 21.1 Å². The second-order valence-corrected chi connectivity index (χ2v) is 6.71. The molecule has 1 N–H and O–H groups in total. The van der Waals surface area contributed by atoms with Crippen LogP contribution in [0.15, 0.2) is 54.1 Å². The van der Waals surface area contributed by atoms with E-state index < -0.39 is 17.7 Å². The maximum absolute atomic E-state index is 12.8. The summed E-state index contributed by atoms with van der Waals surface area (Å²) >= 11 is 5.91. The topological polar surface area (TPSA) is 76.1 Å². The molecule has 7 heteroatoms. The number of likely N-dealkylation sites (tertiary alicyclic amines) is 1. The van der Waals surface area contributed by atoms with Crippen molar-refractivity contribution in [3.8, 4) is 5.75 Å². The molecule has 3 rings (SSSR count). The zero-order valence-corrected chi connectivity index (χ0v) is 16.3. The summed E-state index contributed by atoms with van der Waals surface area (Å²) in [5.74, 6) is -1.08. The molecule has 0 bridgehead atoms. The number of amides is 1. The number of hydrogen-bond donors (Lipinski definition) is 1. The van der Waals surface area contributed by atoms with Crippen molar-refractivity contribution in [1.82, 2.24) is 4.90 Å². The average molecular weight is 402 g/mol. The van der Waals surface area contributed by atoms with Crippen LogP contribution in [0.25, 0.3) is 5.76 Å². The van der Waals surface area contributed by atoms with Crippen molar-refractivity contribution in [1.29, 1.82) is 0 Å². The van der Waals surface area contributed by atoms with E-state index in [1.165, 1.54) is 19.1 Å². The standard InChI is InChI=1S/C21H20ClNO5/c1-27-11-10-23-18(14-4-3-5-16(12-14)28-2)17(20(25)21(23)26)19(24)13-6-8-15(22)9-7-13/h3-9,12,18,24H,10-11H2,1-2H3/b19-17+/t18-/m1/s1. The quantitative estimate of drug-likeness (QED) is 0.456. The molecular weight excluding hydrogens is 382 g/mol. The largest absolute Gasteiger partial charge is 0.507 e. The van der Waals surface area contributed by atoms with E-state index in [1.807, 2.05) is 0 Å². The van der Waals surface area contributed by atoms with Crippen LogP contribution < -0.4 is 4.74 Å². The van der Waals surface area contributed by atoms with Crippen molar-refractivity contribution < 1.29 is 24.2 Å². The lowest BCUT2D eigenvalue weighted by molar-refractivity contribution is -0.140. The summed E-state index contributed by atoms with van der Waals surface area (Å²) in [6.45, 7) is 0.467. The minimum atomic E-state index is -0.749. The Hall–Kier alpha value is -2.83. The predicted octanol–water partition coefficient (Wildman–Crippen LogP) is 3.42. The Morgan fingerprint density at radius 3 is 2.50 bits per heavy atom. The van der Waals surface area contributed by atoms with Gasteiger partial charge in [0.1, 0.15) is 11.5 Å². The number of aliphatic hydroxyl groups excluding tert-OH is 1. The van der Waals surface area contributed by atoms with Crippen LogP contribution in [0.5, 0.6) is 5.75 Å². The Morgan fingerprint density at radius 2 is 1.86 bits per heavy atom. The summed E-state index contributed by atoms with van der Waals surface area (Å²) in [6.07, 6.45) is 0. The fraction of sp³-hybridized carbons (Fsp3) is 0.238. The Kier molecular flexibility index (Phi) is 6.02. The van der Waals surface area contributed by atoms with Gasteiger partial charge in [-0.3, -0.25) is 9.59 Å². The number of ether oxygens (including phenoxy) is 2. The number of ketones is 1. The average Bonchev–Trinajstić information content (AvgIpc) is 2.97. The number of rotatable bonds is 6. The number of nitrogens with zero attached hydrogens (tertiary/aromatic N) is 1. The lowest BCUT2D eigenvalue weighted by atomic mass is 9.95. The first-order valence-electron chi connectivity index (χ1n) is 8.65. The molecule has 0 aliphatic carbocycles. The number of hydrogen-bond acceptors (Lipinski definition) is 5. The van der Waals surface area contributed by atoms with Gasteiger partial charge in [0.25, 0.3) is 11.7 Å². The summed E-state index contributed by atoms with van der Waals surface area (Å²) in [4.78, 5) is 26.9. The Labute approximate surface area is 167 Å². The molecule has 1 amide bonds. The fourth-order valence-corrected chi connectivity index (χ4v) is 3.35. The van der Waals surface area contributed by atoms with E-state index >= 15 is 0 Å². The van der Waals surface area contributed by atoms with Crippen LogP contribution in [0.3, 0.4) is 0 Å². The smallest absolute Gasteiger partial charge is 0.295 e. The molecule has 0 unspecified atom stereocenters. The van der Waals surface area contributed by atoms with Crippen LogP contribution >= 0.6 is 11.6 Å². The van der Waals surface area contributed by atoms with Crippen molar-refractivity contribution in [3.05, 3.63) is 70.3 Å². The predicted molar refractivity (Wildman–Crippen MR) is 105 cm³/mol. The third-order valence-electron chi connectivity index (χ3n) is 4.60. The van der Waals surface area contributed by atoms with Crippen LogP contribution in [0.1, 0.15) is 17.2 Å². The number of methoxy groups -OCH3 is 2. The molecule has 1 saturated heterocycles. The summed E-state index contributed by atoms with van der Waals surface area (Å²) in [5.41, 5.74) is 1.09. The molecule has 2 aromatic rings. The molecule has 0 radical (unpaired) electrons. The molecule has 1 heterocycles. The number of Topliss-reactive ketones (excluding diaryl/α,β-unsaturated/α-hetero) is 1. The van der Waals surface area contributed by atoms with E-state index in [2.05, 4.69) is 0 Å². The van der Waals surface area contributed by atoms with Gasteiger partial charge in [-0.25, -0.2) is 0 Å². The van der Waals surface area contributed by atoms with Crippen LogP contribution in [-0.4, -0.2) is 49.1 Å². The molecular formula is C21H20ClNO5. The third kappa shape index (κ3) is 3.74. The van der Waals surface area contributed by atoms with Crippen molar-refractivity contribution in [2.75, 3.05) is 27.4 Å². The Balaban J connectivity index is 2.16. The molecule has 0 spiro atoms. The first-order valence-corrected chi connectivity index (χ1v) is 9.03. The van der Waals surface area contributed by atoms with Crippen LogP contribution in [0, 0.1) is 0 Å². The molecule has 1 atom stereocenters. The molecule has 2 aromatic carbocycles. The van der Waals surface area contributed by atoms with Crippen LogP contribution in [0.4, 0.5) is 0 Å². The van der Waals surface area contributed by atoms with E-state index in [0.717, 1.165) is 0 Å². The molecule has 146 valence electrons. The SMILES string of the molecule is COCCN1C(=O)C(=O)/C(=C(/O)c2ccc(Cl)cc2)[C@H]1c1cccc(OC)c1. The Morgan fingerprint density at radius 1 is 1.14 bits per heavy atom. The van der Waals surface area contributed by atoms with Crippen molar-refractivity contribution in [3.63, 3.8) is 0 Å². The number of benzene rings is 2. The van der Waals surface area contributed by atoms with Gasteiger partial charge in [-0.15, -0.1) is 0 Å². The molecule has 1 aliphatic heterocycles. The lowest BCUT2D eigenvalue weighted by Crippen LogP contribution is -2.32. The van der Waals surface area contributed by atoms with Crippen molar-refractivity contribution in [2.24, 2.45) is 0 Å². The highest BCUT2D eigenvalue weighted by Gasteiger charge is 2.45. The van der Waals surface area contributed by atoms with Gasteiger partial charge in [0.2, 0.25) is 0 Å². The molecule has 1 fully saturated rings.